The van der Waals surface area contributed by atoms with Crippen molar-refractivity contribution in [2.75, 3.05) is 40.3 Å². The van der Waals surface area contributed by atoms with Crippen LogP contribution >= 0.6 is 15.9 Å². The monoisotopic (exact) mass is 1230 g/mol. The van der Waals surface area contributed by atoms with E-state index in [1.165, 1.54) is 43.0 Å². The molecule has 13 atom stereocenters. The van der Waals surface area contributed by atoms with Crippen LogP contribution in [-0.4, -0.2) is 180 Å². The molecule has 454 valence electrons. The van der Waals surface area contributed by atoms with Crippen molar-refractivity contribution in [3.63, 3.8) is 0 Å². The average molecular weight is 1240 g/mol. The number of benzene rings is 3. The number of piperazine rings is 2. The minimum absolute atomic E-state index is 0.0206. The normalized spacial score (nSPS) is 35.0. The van der Waals surface area contributed by atoms with Crippen LogP contribution in [0.3, 0.4) is 0 Å². The van der Waals surface area contributed by atoms with Crippen LogP contribution in [0.15, 0.2) is 83.5 Å². The summed E-state index contributed by atoms with van der Waals surface area (Å²) in [4.78, 5) is 98.2. The highest BCUT2D eigenvalue weighted by Gasteiger charge is 2.73. The number of Topliss-reactive ketones (excluding diaryl/α,β-unsaturated/α-hetero) is 1. The summed E-state index contributed by atoms with van der Waals surface area (Å²) in [6.45, 7) is 11.4. The number of nitrogens with zero attached hydrogens (tertiary/aromatic N) is 6. The number of aromatic amines is 1. The number of amides is 5. The van der Waals surface area contributed by atoms with Gasteiger partial charge in [-0.3, -0.25) is 48.2 Å². The smallest absolute Gasteiger partial charge is 0.281 e. The maximum Gasteiger partial charge on any atom is 0.281 e. The van der Waals surface area contributed by atoms with E-state index in [2.05, 4.69) is 79.5 Å². The van der Waals surface area contributed by atoms with E-state index in [1.54, 1.807) is 30.6 Å². The van der Waals surface area contributed by atoms with Crippen molar-refractivity contribution >= 4 is 73.3 Å². The molecule has 18 nitrogen and oxygen atoms in total. The zero-order valence-electron chi connectivity index (χ0n) is 50.2. The van der Waals surface area contributed by atoms with E-state index in [0.29, 0.717) is 51.5 Å². The van der Waals surface area contributed by atoms with Crippen LogP contribution in [0, 0.1) is 23.7 Å². The van der Waals surface area contributed by atoms with Gasteiger partial charge in [-0.05, 0) is 151 Å². The number of hydrogen-bond acceptors (Lipinski definition) is 12. The molecule has 0 spiro atoms. The topological polar surface area (TPSA) is 209 Å². The molecule has 5 amide bonds. The number of likely N-dealkylation sites (tertiary alicyclic amines) is 1. The first-order valence-corrected chi connectivity index (χ1v) is 32.1. The Kier molecular flexibility index (Phi) is 13.9. The standard InChI is InChI=1S/C35H39N3O5.C32H40BrN5O5/c1-34(19-29(39)24-17-26-25-11-6-10-22-13-14-23(31(22)25)18-27(26)36(2)20-24)33(41)38-28(16-21-8-4-3-5-9-21)32(40)37-15-7-12-30(37)35(38,42)43-34;1-16(2)12-24-29(40)37-11-7-10-25(37)32(42)38(24)30(41)31(43-32,17(3)4)35-28(39)18-13-20-19-8-6-9-22-26(19)21(27(33)34-22)14-23(20)36(5)15-18/h3-6,8-11,14,24,26-28,30,42H,7,12-13,15-20H2,1-2H3;6,8-9,13,16-18,23-25,34,42H,7,10-12,14-15H2,1-5H3,(H,35,39)/t24-,26-,27-,28+,30+,34+,35+;18-,23-,24+,25+,31-,32+/m11/s1. The van der Waals surface area contributed by atoms with E-state index in [9.17, 15) is 39.0 Å². The minimum atomic E-state index is -2.01. The Morgan fingerprint density at radius 1 is 0.814 bits per heavy atom. The Morgan fingerprint density at radius 2 is 1.50 bits per heavy atom. The van der Waals surface area contributed by atoms with Gasteiger partial charge in [-0.1, -0.05) is 101 Å². The van der Waals surface area contributed by atoms with Gasteiger partial charge in [-0.2, -0.15) is 0 Å². The molecule has 86 heavy (non-hydrogen) atoms. The van der Waals surface area contributed by atoms with Gasteiger partial charge in [-0.25, -0.2) is 0 Å². The number of allylic oxidation sites excluding steroid dienone is 1. The Bertz CT molecular complexity index is 3590. The number of hydrogen-bond donors (Lipinski definition) is 4. The third kappa shape index (κ3) is 8.65. The number of ether oxygens (including phenoxy) is 2. The molecule has 3 aliphatic carbocycles. The van der Waals surface area contributed by atoms with Crippen LogP contribution in [0.4, 0.5) is 0 Å². The van der Waals surface area contributed by atoms with Crippen LogP contribution < -0.4 is 5.32 Å². The third-order valence-electron chi connectivity index (χ3n) is 21.4. The van der Waals surface area contributed by atoms with Gasteiger partial charge < -0.3 is 40.0 Å². The van der Waals surface area contributed by atoms with Gasteiger partial charge in [-0.15, -0.1) is 0 Å². The number of nitrogens with one attached hydrogen (secondary N) is 2. The van der Waals surface area contributed by atoms with Crippen LogP contribution in [0.25, 0.3) is 22.0 Å². The quantitative estimate of drug-likeness (QED) is 0.135. The van der Waals surface area contributed by atoms with Gasteiger partial charge in [0.05, 0.1) is 10.5 Å². The summed E-state index contributed by atoms with van der Waals surface area (Å²) in [6.07, 6.45) is 11.0. The Labute approximate surface area is 510 Å². The first-order chi connectivity index (χ1) is 41.0. The molecule has 4 aromatic rings. The molecule has 7 fully saturated rings. The van der Waals surface area contributed by atoms with Gasteiger partial charge in [0, 0.05) is 79.8 Å². The number of piperidine rings is 1. The summed E-state index contributed by atoms with van der Waals surface area (Å²) in [6, 6.07) is 19.7. The second-order valence-corrected chi connectivity index (χ2v) is 28.2. The van der Waals surface area contributed by atoms with Gasteiger partial charge >= 0.3 is 0 Å². The highest BCUT2D eigenvalue weighted by Crippen LogP contribution is 2.53. The second-order valence-electron chi connectivity index (χ2n) is 27.5. The van der Waals surface area contributed by atoms with Crippen molar-refractivity contribution in [1.82, 2.24) is 39.7 Å². The van der Waals surface area contributed by atoms with Crippen molar-refractivity contribution in [3.8, 4) is 0 Å². The maximum absolute atomic E-state index is 14.4. The summed E-state index contributed by atoms with van der Waals surface area (Å²) in [5.41, 5.74) is 7.57. The van der Waals surface area contributed by atoms with E-state index >= 15 is 0 Å². The first-order valence-electron chi connectivity index (χ1n) is 31.3. The number of aromatic nitrogens is 1. The Hall–Kier alpha value is -6.06. The molecule has 7 saturated heterocycles. The van der Waals surface area contributed by atoms with Gasteiger partial charge in [0.2, 0.25) is 23.4 Å². The molecule has 1 aromatic heterocycles. The summed E-state index contributed by atoms with van der Waals surface area (Å²) in [7, 11) is 4.14. The molecular formula is C67H79BrN8O10. The van der Waals surface area contributed by atoms with Gasteiger partial charge in [0.1, 0.15) is 30.0 Å². The molecule has 0 bridgehead atoms. The second kappa shape index (κ2) is 20.8. The summed E-state index contributed by atoms with van der Waals surface area (Å²) < 4.78 is 13.8. The molecule has 8 aliphatic heterocycles. The number of fused-ring (bicyclic) bond motifs is 10. The van der Waals surface area contributed by atoms with Crippen LogP contribution in [-0.2, 0) is 57.5 Å². The molecule has 15 rings (SSSR count). The highest BCUT2D eigenvalue weighted by molar-refractivity contribution is 9.10. The number of ketones is 1. The molecule has 0 radical (unpaired) electrons. The largest absolute Gasteiger partial charge is 0.349 e. The van der Waals surface area contributed by atoms with Gasteiger partial charge in [0.25, 0.3) is 23.6 Å². The molecule has 11 aliphatic rings. The van der Waals surface area contributed by atoms with Crippen molar-refractivity contribution in [2.45, 2.75) is 171 Å². The number of halogens is 1. The average Bonchev–Trinajstić information content (AvgIpc) is 1.70. The molecular weight excluding hydrogens is 1160 g/mol. The SMILES string of the molecule is CC(C)C[C@H]1C(=O)N2CCC[C@H]2[C@]2(O)O[C@](NC(=O)[C@@H]3C=C4c5cccc6[nH]c(Br)c(c56)C[C@H]4N(C)C3)(C(C)C)C(=O)N12.CN1C[C@H](C(=O)C[C@]2(C)O[C@@]3(O)[C@@H]4CCCN4C(=O)[C@H](Cc4ccccc4)N3C2=O)C[C@@H]2c3cccc4c3C(=CC4)C[C@H]21. The Morgan fingerprint density at radius 3 is 2.21 bits per heavy atom. The number of rotatable bonds is 10. The van der Waals surface area contributed by atoms with Crippen molar-refractivity contribution in [3.05, 3.63) is 117 Å². The van der Waals surface area contributed by atoms with Gasteiger partial charge in [0.15, 0.2) is 5.60 Å². The van der Waals surface area contributed by atoms with Crippen LogP contribution in [0.1, 0.15) is 125 Å². The maximum atomic E-state index is 14.4. The summed E-state index contributed by atoms with van der Waals surface area (Å²) >= 11 is 3.70. The molecule has 0 unspecified atom stereocenters. The predicted molar refractivity (Wildman–Crippen MR) is 324 cm³/mol. The lowest BCUT2D eigenvalue weighted by Crippen LogP contribution is -2.71. The van der Waals surface area contributed by atoms with Crippen LogP contribution in [0.5, 0.6) is 0 Å². The van der Waals surface area contributed by atoms with E-state index in [1.807, 2.05) is 63.4 Å². The molecule has 3 aromatic carbocycles. The van der Waals surface area contributed by atoms with Crippen molar-refractivity contribution in [2.24, 2.45) is 23.7 Å². The predicted octanol–water partition coefficient (Wildman–Crippen LogP) is 6.47. The number of carbonyl (C=O) groups excluding carboxylic acids is 6. The first kappa shape index (κ1) is 57.7. The van der Waals surface area contributed by atoms with E-state index in [0.717, 1.165) is 65.3 Å². The summed E-state index contributed by atoms with van der Waals surface area (Å²) in [5.74, 6) is -6.63. The molecule has 9 heterocycles. The molecule has 19 heteroatoms. The summed E-state index contributed by atoms with van der Waals surface area (Å²) in [5, 5.41) is 28.4. The zero-order chi connectivity index (χ0) is 60.3. The zero-order valence-corrected chi connectivity index (χ0v) is 51.8. The number of likely N-dealkylation sites (N-methyl/N-ethyl adjacent to an activating group) is 2. The Balaban J connectivity index is 0.000000152. The number of H-pyrrole nitrogens is 1. The van der Waals surface area contributed by atoms with Crippen LogP contribution in [0.2, 0.25) is 0 Å². The third-order valence-corrected chi connectivity index (χ3v) is 22.1. The molecule has 0 saturated carbocycles. The molecule has 4 N–H and O–H groups in total. The lowest BCUT2D eigenvalue weighted by atomic mass is 9.69. The fourth-order valence-corrected chi connectivity index (χ4v) is 17.9. The highest BCUT2D eigenvalue weighted by atomic mass is 79.9. The number of carbonyl (C=O) groups is 6. The lowest BCUT2D eigenvalue weighted by molar-refractivity contribution is -0.322. The number of aliphatic hydroxyl groups is 2. The fraction of sp³-hybridized carbons (Fsp3) is 0.552. The van der Waals surface area contributed by atoms with E-state index < -0.39 is 71.0 Å². The fourth-order valence-electron chi connectivity index (χ4n) is 17.3. The lowest BCUT2D eigenvalue weighted by Gasteiger charge is -2.49. The van der Waals surface area contributed by atoms with Crippen molar-refractivity contribution < 1.29 is 48.5 Å². The van der Waals surface area contributed by atoms with E-state index in [-0.39, 0.29) is 60.1 Å². The minimum Gasteiger partial charge on any atom is -0.349 e. The van der Waals surface area contributed by atoms with Crippen molar-refractivity contribution in [1.29, 1.82) is 0 Å². The van der Waals surface area contributed by atoms with E-state index in [4.69, 9.17) is 9.47 Å².